The van der Waals surface area contributed by atoms with Crippen LogP contribution in [0.5, 0.6) is 0 Å². The molecule has 3 aromatic heterocycles. The number of halogens is 1. The first-order valence-corrected chi connectivity index (χ1v) is 8.09. The third-order valence-corrected chi connectivity index (χ3v) is 4.31. The number of nitrogens with zero attached hydrogens (tertiary/aromatic N) is 3. The second-order valence-electron chi connectivity index (χ2n) is 5.10. The number of hydrogen-bond acceptors (Lipinski definition) is 5. The molecule has 0 radical (unpaired) electrons. The van der Waals surface area contributed by atoms with Gasteiger partial charge in [-0.25, -0.2) is 4.39 Å². The van der Waals surface area contributed by atoms with E-state index in [1.54, 1.807) is 6.07 Å². The first kappa shape index (κ1) is 15.2. The molecule has 1 amide bonds. The van der Waals surface area contributed by atoms with Gasteiger partial charge in [0.05, 0.1) is 10.4 Å². The number of amides is 1. The van der Waals surface area contributed by atoms with Gasteiger partial charge in [0.2, 0.25) is 5.78 Å². The highest BCUT2D eigenvalue weighted by Gasteiger charge is 2.16. The van der Waals surface area contributed by atoms with E-state index in [-0.39, 0.29) is 17.2 Å². The quantitative estimate of drug-likeness (QED) is 0.591. The Kier molecular flexibility index (Phi) is 3.62. The van der Waals surface area contributed by atoms with Crippen LogP contribution >= 0.6 is 11.3 Å². The van der Waals surface area contributed by atoms with Gasteiger partial charge in [0.25, 0.3) is 11.5 Å². The maximum absolute atomic E-state index is 13.8. The molecule has 4 aromatic rings. The van der Waals surface area contributed by atoms with Gasteiger partial charge in [0.1, 0.15) is 11.6 Å². The van der Waals surface area contributed by atoms with Gasteiger partial charge < -0.3 is 5.32 Å². The average molecular weight is 355 g/mol. The average Bonchev–Trinajstić information content (AvgIpc) is 3.24. The summed E-state index contributed by atoms with van der Waals surface area (Å²) >= 11 is 1.45. The van der Waals surface area contributed by atoms with E-state index < -0.39 is 17.3 Å². The summed E-state index contributed by atoms with van der Waals surface area (Å²) in [4.78, 5) is 31.7. The predicted molar refractivity (Wildman–Crippen MR) is 91.3 cm³/mol. The molecule has 3 heterocycles. The molecule has 7 nitrogen and oxygen atoms in total. The van der Waals surface area contributed by atoms with Crippen LogP contribution < -0.4 is 10.9 Å². The number of benzene rings is 1. The van der Waals surface area contributed by atoms with Crippen molar-refractivity contribution >= 4 is 28.8 Å². The molecule has 0 bridgehead atoms. The molecule has 0 aliphatic rings. The molecular weight excluding hydrogens is 345 g/mol. The zero-order valence-corrected chi connectivity index (χ0v) is 13.4. The molecule has 4 rings (SSSR count). The predicted octanol–water partition coefficient (Wildman–Crippen LogP) is 2.54. The van der Waals surface area contributed by atoms with E-state index in [1.807, 2.05) is 17.5 Å². The van der Waals surface area contributed by atoms with Crippen molar-refractivity contribution in [2.24, 2.45) is 0 Å². The smallest absolute Gasteiger partial charge is 0.259 e. The fourth-order valence-corrected chi connectivity index (χ4v) is 2.97. The van der Waals surface area contributed by atoms with Gasteiger partial charge in [-0.1, -0.05) is 18.2 Å². The summed E-state index contributed by atoms with van der Waals surface area (Å²) in [7, 11) is 0. The summed E-state index contributed by atoms with van der Waals surface area (Å²) in [5.41, 5.74) is -0.587. The Morgan fingerprint density at radius 3 is 2.84 bits per heavy atom. The maximum atomic E-state index is 13.8. The van der Waals surface area contributed by atoms with Crippen LogP contribution in [-0.2, 0) is 0 Å². The molecule has 124 valence electrons. The normalized spacial score (nSPS) is 10.9. The number of nitrogens with one attached hydrogen (secondary N) is 2. The molecule has 0 atom stereocenters. The van der Waals surface area contributed by atoms with Gasteiger partial charge >= 0.3 is 0 Å². The molecule has 0 aliphatic heterocycles. The fourth-order valence-electron chi connectivity index (χ4n) is 2.32. The van der Waals surface area contributed by atoms with E-state index in [4.69, 9.17) is 0 Å². The van der Waals surface area contributed by atoms with Crippen molar-refractivity contribution < 1.29 is 9.18 Å². The zero-order chi connectivity index (χ0) is 17.4. The number of H-pyrrole nitrogens is 1. The van der Waals surface area contributed by atoms with Crippen molar-refractivity contribution in [3.63, 3.8) is 0 Å². The Morgan fingerprint density at radius 1 is 1.24 bits per heavy atom. The van der Waals surface area contributed by atoms with Crippen LogP contribution in [0.3, 0.4) is 0 Å². The number of rotatable bonds is 3. The minimum absolute atomic E-state index is 0.0994. The summed E-state index contributed by atoms with van der Waals surface area (Å²) in [6.45, 7) is 0. The van der Waals surface area contributed by atoms with E-state index in [0.717, 1.165) is 4.88 Å². The highest BCUT2D eigenvalue weighted by Crippen LogP contribution is 2.22. The lowest BCUT2D eigenvalue weighted by molar-refractivity contribution is 0.102. The number of hydrogen-bond donors (Lipinski definition) is 2. The molecule has 9 heteroatoms. The molecule has 0 aliphatic carbocycles. The summed E-state index contributed by atoms with van der Waals surface area (Å²) in [5.74, 6) is -0.641. The minimum Gasteiger partial charge on any atom is -0.306 e. The van der Waals surface area contributed by atoms with E-state index in [9.17, 15) is 14.0 Å². The standard InChI is InChI=1S/C16H10FN5O2S/c17-10-5-2-1-4-9(10)15(24)18-12-8-13(23)19-16-20-14(21-22(12)16)11-6-3-7-25-11/h1-8H,(H,18,24)(H,19,20,21,23). The molecule has 0 fully saturated rings. The SMILES string of the molecule is O=C(Nc1cc(=O)[nH]c2nc(-c3cccs3)nn12)c1ccccc1F. The summed E-state index contributed by atoms with van der Waals surface area (Å²) in [5, 5.41) is 8.69. The van der Waals surface area contributed by atoms with Gasteiger partial charge in [-0.05, 0) is 23.6 Å². The third-order valence-electron chi connectivity index (χ3n) is 3.44. The molecule has 2 N–H and O–H groups in total. The van der Waals surface area contributed by atoms with Crippen molar-refractivity contribution in [3.05, 3.63) is 69.6 Å². The van der Waals surface area contributed by atoms with Crippen LogP contribution in [0.15, 0.2) is 52.6 Å². The molecule has 1 aromatic carbocycles. The van der Waals surface area contributed by atoms with E-state index in [2.05, 4.69) is 20.4 Å². The fraction of sp³-hybridized carbons (Fsp3) is 0. The number of carbonyl (C=O) groups excluding carboxylic acids is 1. The molecule has 0 spiro atoms. The van der Waals surface area contributed by atoms with Crippen molar-refractivity contribution in [1.29, 1.82) is 0 Å². The number of carbonyl (C=O) groups is 1. The number of aromatic nitrogens is 4. The summed E-state index contributed by atoms with van der Waals surface area (Å²) in [6, 6.07) is 10.4. The van der Waals surface area contributed by atoms with Crippen LogP contribution in [0.25, 0.3) is 16.5 Å². The first-order valence-electron chi connectivity index (χ1n) is 7.22. The lowest BCUT2D eigenvalue weighted by Crippen LogP contribution is -2.19. The Morgan fingerprint density at radius 2 is 2.08 bits per heavy atom. The Hall–Kier alpha value is -3.33. The van der Waals surface area contributed by atoms with Crippen LogP contribution in [0.4, 0.5) is 10.2 Å². The first-order chi connectivity index (χ1) is 12.1. The van der Waals surface area contributed by atoms with Crippen LogP contribution in [0.1, 0.15) is 10.4 Å². The monoisotopic (exact) mass is 355 g/mol. The van der Waals surface area contributed by atoms with Crippen molar-refractivity contribution in [3.8, 4) is 10.7 Å². The minimum atomic E-state index is -0.682. The molecule has 0 saturated carbocycles. The van der Waals surface area contributed by atoms with E-state index >= 15 is 0 Å². The maximum Gasteiger partial charge on any atom is 0.259 e. The summed E-state index contributed by atoms with van der Waals surface area (Å²) in [6.07, 6.45) is 0. The molecule has 0 saturated heterocycles. The van der Waals surface area contributed by atoms with Crippen molar-refractivity contribution in [2.75, 3.05) is 5.32 Å². The van der Waals surface area contributed by atoms with E-state index in [1.165, 1.54) is 40.1 Å². The van der Waals surface area contributed by atoms with Gasteiger partial charge in [-0.15, -0.1) is 16.4 Å². The lowest BCUT2D eigenvalue weighted by Gasteiger charge is -2.06. The number of thiophene rings is 1. The second kappa shape index (κ2) is 5.95. The van der Waals surface area contributed by atoms with Crippen molar-refractivity contribution in [2.45, 2.75) is 0 Å². The van der Waals surface area contributed by atoms with Crippen LogP contribution in [0, 0.1) is 5.82 Å². The van der Waals surface area contributed by atoms with Gasteiger partial charge in [-0.2, -0.15) is 9.50 Å². The number of aromatic amines is 1. The number of fused-ring (bicyclic) bond motifs is 1. The highest BCUT2D eigenvalue weighted by atomic mass is 32.1. The molecule has 0 unspecified atom stereocenters. The second-order valence-corrected chi connectivity index (χ2v) is 6.05. The Balaban J connectivity index is 1.78. The highest BCUT2D eigenvalue weighted by molar-refractivity contribution is 7.13. The largest absolute Gasteiger partial charge is 0.306 e. The van der Waals surface area contributed by atoms with E-state index in [0.29, 0.717) is 5.82 Å². The topological polar surface area (TPSA) is 92.1 Å². The van der Waals surface area contributed by atoms with Gasteiger partial charge in [0, 0.05) is 6.07 Å². The van der Waals surface area contributed by atoms with Gasteiger partial charge in [0.15, 0.2) is 5.82 Å². The Bertz CT molecular complexity index is 1130. The lowest BCUT2D eigenvalue weighted by atomic mass is 10.2. The zero-order valence-electron chi connectivity index (χ0n) is 12.6. The van der Waals surface area contributed by atoms with Gasteiger partial charge in [-0.3, -0.25) is 14.6 Å². The number of anilines is 1. The molecule has 25 heavy (non-hydrogen) atoms. The Labute approximate surface area is 143 Å². The third kappa shape index (κ3) is 2.81. The molecular formula is C16H10FN5O2S. The summed E-state index contributed by atoms with van der Waals surface area (Å²) < 4.78 is 15.1. The van der Waals surface area contributed by atoms with Crippen LogP contribution in [-0.4, -0.2) is 25.5 Å². The van der Waals surface area contributed by atoms with Crippen LogP contribution in [0.2, 0.25) is 0 Å². The van der Waals surface area contributed by atoms with Crippen molar-refractivity contribution in [1.82, 2.24) is 19.6 Å².